The van der Waals surface area contributed by atoms with Crippen molar-refractivity contribution in [3.63, 3.8) is 0 Å². The second-order valence-electron chi connectivity index (χ2n) is 5.05. The number of hydrogen-bond acceptors (Lipinski definition) is 4. The monoisotopic (exact) mass is 313 g/mol. The number of piperidine rings is 1. The SMILES string of the molecule is CCNC(=S)Nc1nc(Cl)cc(N2CCC[C@@H](C)C2)n1. The molecular formula is C13H20ClN5S. The maximum absolute atomic E-state index is 6.08. The molecule has 7 heteroatoms. The van der Waals surface area contributed by atoms with E-state index < -0.39 is 0 Å². The number of hydrogen-bond donors (Lipinski definition) is 2. The summed E-state index contributed by atoms with van der Waals surface area (Å²) in [5.41, 5.74) is 0. The third kappa shape index (κ3) is 4.18. The van der Waals surface area contributed by atoms with Crippen LogP contribution in [-0.2, 0) is 0 Å². The van der Waals surface area contributed by atoms with Crippen molar-refractivity contribution in [2.75, 3.05) is 29.9 Å². The Morgan fingerprint density at radius 2 is 2.35 bits per heavy atom. The van der Waals surface area contributed by atoms with Crippen LogP contribution in [0.25, 0.3) is 0 Å². The van der Waals surface area contributed by atoms with Crippen molar-refractivity contribution in [2.24, 2.45) is 5.92 Å². The Morgan fingerprint density at radius 3 is 3.05 bits per heavy atom. The van der Waals surface area contributed by atoms with Gasteiger partial charge in [-0.15, -0.1) is 0 Å². The molecule has 0 aliphatic carbocycles. The fourth-order valence-corrected chi connectivity index (χ4v) is 2.74. The van der Waals surface area contributed by atoms with Gasteiger partial charge in [0.15, 0.2) is 5.11 Å². The number of rotatable bonds is 3. The Kier molecular flexibility index (Phi) is 5.37. The number of aromatic nitrogens is 2. The maximum Gasteiger partial charge on any atom is 0.232 e. The molecule has 2 N–H and O–H groups in total. The second kappa shape index (κ2) is 7.04. The van der Waals surface area contributed by atoms with Gasteiger partial charge in [-0.1, -0.05) is 18.5 Å². The number of thiocarbonyl (C=S) groups is 1. The van der Waals surface area contributed by atoms with E-state index in [1.807, 2.05) is 6.92 Å². The summed E-state index contributed by atoms with van der Waals surface area (Å²) in [6, 6.07) is 1.81. The normalized spacial score (nSPS) is 18.8. The van der Waals surface area contributed by atoms with E-state index in [9.17, 15) is 0 Å². The van der Waals surface area contributed by atoms with Gasteiger partial charge < -0.3 is 15.5 Å². The van der Waals surface area contributed by atoms with Gasteiger partial charge in [-0.2, -0.15) is 4.98 Å². The van der Waals surface area contributed by atoms with Gasteiger partial charge in [-0.3, -0.25) is 0 Å². The molecule has 0 radical (unpaired) electrons. The highest BCUT2D eigenvalue weighted by Crippen LogP contribution is 2.24. The molecule has 1 atom stereocenters. The first kappa shape index (κ1) is 15.3. The van der Waals surface area contributed by atoms with Crippen molar-refractivity contribution in [3.8, 4) is 0 Å². The van der Waals surface area contributed by atoms with Crippen LogP contribution in [0, 0.1) is 5.92 Å². The third-order valence-corrected chi connectivity index (χ3v) is 3.67. The van der Waals surface area contributed by atoms with E-state index in [0.29, 0.717) is 22.1 Å². The summed E-state index contributed by atoms with van der Waals surface area (Å²) in [5.74, 6) is 1.98. The van der Waals surface area contributed by atoms with E-state index in [1.54, 1.807) is 6.07 Å². The van der Waals surface area contributed by atoms with Crippen molar-refractivity contribution in [2.45, 2.75) is 26.7 Å². The lowest BCUT2D eigenvalue weighted by molar-refractivity contribution is 0.444. The molecular weight excluding hydrogens is 294 g/mol. The molecule has 110 valence electrons. The number of nitrogens with zero attached hydrogens (tertiary/aromatic N) is 3. The molecule has 0 saturated carbocycles. The molecule has 1 saturated heterocycles. The number of anilines is 2. The van der Waals surface area contributed by atoms with Gasteiger partial charge in [0, 0.05) is 25.7 Å². The van der Waals surface area contributed by atoms with Gasteiger partial charge in [-0.25, -0.2) is 4.98 Å². The lowest BCUT2D eigenvalue weighted by Gasteiger charge is -2.32. The molecule has 1 aliphatic heterocycles. The minimum atomic E-state index is 0.426. The minimum Gasteiger partial charge on any atom is -0.363 e. The fourth-order valence-electron chi connectivity index (χ4n) is 2.33. The van der Waals surface area contributed by atoms with Crippen LogP contribution in [0.15, 0.2) is 6.07 Å². The molecule has 1 fully saturated rings. The van der Waals surface area contributed by atoms with Crippen LogP contribution in [0.2, 0.25) is 5.15 Å². The Bertz CT molecular complexity index is 482. The summed E-state index contributed by atoms with van der Waals surface area (Å²) in [5, 5.41) is 6.90. The van der Waals surface area contributed by atoms with E-state index in [-0.39, 0.29) is 0 Å². The van der Waals surface area contributed by atoms with Crippen molar-refractivity contribution in [1.82, 2.24) is 15.3 Å². The average Bonchev–Trinajstić information content (AvgIpc) is 2.38. The molecule has 5 nitrogen and oxygen atoms in total. The Hall–Kier alpha value is -1.14. The molecule has 0 bridgehead atoms. The zero-order chi connectivity index (χ0) is 14.5. The quantitative estimate of drug-likeness (QED) is 0.661. The highest BCUT2D eigenvalue weighted by atomic mass is 35.5. The zero-order valence-electron chi connectivity index (χ0n) is 11.8. The van der Waals surface area contributed by atoms with Crippen LogP contribution in [0.3, 0.4) is 0 Å². The third-order valence-electron chi connectivity index (χ3n) is 3.23. The lowest BCUT2D eigenvalue weighted by atomic mass is 10.0. The minimum absolute atomic E-state index is 0.426. The van der Waals surface area contributed by atoms with Crippen molar-refractivity contribution in [3.05, 3.63) is 11.2 Å². The highest BCUT2D eigenvalue weighted by molar-refractivity contribution is 7.80. The predicted octanol–water partition coefficient (Wildman–Crippen LogP) is 2.67. The topological polar surface area (TPSA) is 53.1 Å². The zero-order valence-corrected chi connectivity index (χ0v) is 13.4. The first-order chi connectivity index (χ1) is 9.58. The standard InChI is InChI=1S/C13H20ClN5S/c1-3-15-13(20)18-12-16-10(14)7-11(17-12)19-6-4-5-9(2)8-19/h7,9H,3-6,8H2,1-2H3,(H2,15,16,17,18,20)/t9-/m1/s1. The summed E-state index contributed by atoms with van der Waals surface area (Å²) >= 11 is 11.2. The molecule has 0 unspecified atom stereocenters. The maximum atomic E-state index is 6.08. The Labute approximate surface area is 130 Å². The summed E-state index contributed by atoms with van der Waals surface area (Å²) in [6.45, 7) is 7.00. The average molecular weight is 314 g/mol. The first-order valence-electron chi connectivity index (χ1n) is 6.93. The molecule has 1 aliphatic rings. The highest BCUT2D eigenvalue weighted by Gasteiger charge is 2.18. The van der Waals surface area contributed by atoms with Crippen LogP contribution < -0.4 is 15.5 Å². The molecule has 0 spiro atoms. The smallest absolute Gasteiger partial charge is 0.232 e. The van der Waals surface area contributed by atoms with Crippen molar-refractivity contribution in [1.29, 1.82) is 0 Å². The van der Waals surface area contributed by atoms with E-state index in [0.717, 1.165) is 25.5 Å². The van der Waals surface area contributed by atoms with Crippen LogP contribution in [0.1, 0.15) is 26.7 Å². The Morgan fingerprint density at radius 1 is 1.55 bits per heavy atom. The molecule has 20 heavy (non-hydrogen) atoms. The lowest BCUT2D eigenvalue weighted by Crippen LogP contribution is -2.35. The molecule has 2 heterocycles. The van der Waals surface area contributed by atoms with Gasteiger partial charge in [0.25, 0.3) is 0 Å². The molecule has 2 rings (SSSR count). The van der Waals surface area contributed by atoms with E-state index in [2.05, 4.69) is 32.4 Å². The second-order valence-corrected chi connectivity index (χ2v) is 5.85. The van der Waals surface area contributed by atoms with Crippen molar-refractivity contribution >= 4 is 40.7 Å². The summed E-state index contributed by atoms with van der Waals surface area (Å²) in [6.07, 6.45) is 2.45. The Balaban J connectivity index is 2.13. The van der Waals surface area contributed by atoms with Crippen LogP contribution >= 0.6 is 23.8 Å². The fraction of sp³-hybridized carbons (Fsp3) is 0.615. The van der Waals surface area contributed by atoms with Gasteiger partial charge >= 0.3 is 0 Å². The largest absolute Gasteiger partial charge is 0.363 e. The van der Waals surface area contributed by atoms with E-state index in [1.165, 1.54) is 12.8 Å². The van der Waals surface area contributed by atoms with Crippen LogP contribution in [0.5, 0.6) is 0 Å². The summed E-state index contributed by atoms with van der Waals surface area (Å²) in [4.78, 5) is 10.9. The van der Waals surface area contributed by atoms with Gasteiger partial charge in [-0.05, 0) is 37.9 Å². The van der Waals surface area contributed by atoms with Gasteiger partial charge in [0.2, 0.25) is 5.95 Å². The van der Waals surface area contributed by atoms with E-state index in [4.69, 9.17) is 23.8 Å². The number of halogens is 1. The summed E-state index contributed by atoms with van der Waals surface area (Å²) in [7, 11) is 0. The van der Waals surface area contributed by atoms with Crippen LogP contribution in [0.4, 0.5) is 11.8 Å². The van der Waals surface area contributed by atoms with E-state index >= 15 is 0 Å². The molecule has 0 amide bonds. The molecule has 0 aromatic carbocycles. The molecule has 1 aromatic heterocycles. The van der Waals surface area contributed by atoms with Gasteiger partial charge in [0.1, 0.15) is 11.0 Å². The number of nitrogens with one attached hydrogen (secondary N) is 2. The van der Waals surface area contributed by atoms with Crippen molar-refractivity contribution < 1.29 is 0 Å². The molecule has 1 aromatic rings. The first-order valence-corrected chi connectivity index (χ1v) is 7.71. The predicted molar refractivity (Wildman–Crippen MR) is 87.6 cm³/mol. The summed E-state index contributed by atoms with van der Waals surface area (Å²) < 4.78 is 0. The van der Waals surface area contributed by atoms with Crippen LogP contribution in [-0.4, -0.2) is 34.7 Å². The van der Waals surface area contributed by atoms with Gasteiger partial charge in [0.05, 0.1) is 0 Å².